The summed E-state index contributed by atoms with van der Waals surface area (Å²) in [5.74, 6) is 0. The maximum Gasteiger partial charge on any atom is 0.0547 e. The summed E-state index contributed by atoms with van der Waals surface area (Å²) < 4.78 is 4.82. The molecule has 2 heteroatoms. The van der Waals surface area contributed by atoms with Gasteiger partial charge in [0.1, 0.15) is 0 Å². The molecule has 0 saturated heterocycles. The Bertz CT molecular complexity index is 2800. The average molecular weight is 585 g/mol. The molecule has 0 atom stereocenters. The van der Waals surface area contributed by atoms with Crippen LogP contribution in [-0.2, 0) is 0 Å². The summed E-state index contributed by atoms with van der Waals surface area (Å²) in [5, 5.41) is 10.1. The van der Waals surface area contributed by atoms with Crippen LogP contribution in [0.25, 0.3) is 87.7 Å². The van der Waals surface area contributed by atoms with Gasteiger partial charge in [-0.15, -0.1) is 0 Å². The number of fused-ring (bicyclic) bond motifs is 9. The first-order valence-electron chi connectivity index (χ1n) is 15.9. The quantitative estimate of drug-likeness (QED) is 0.195. The van der Waals surface area contributed by atoms with E-state index >= 15 is 0 Å². The molecule has 0 spiro atoms. The number of para-hydroxylation sites is 3. The molecule has 0 aliphatic rings. The zero-order chi connectivity index (χ0) is 30.2. The second-order valence-electron chi connectivity index (χ2n) is 12.2. The van der Waals surface area contributed by atoms with Crippen molar-refractivity contribution in [3.8, 4) is 22.5 Å². The molecular weight excluding hydrogens is 556 g/mol. The van der Waals surface area contributed by atoms with Crippen molar-refractivity contribution in [3.05, 3.63) is 170 Å². The van der Waals surface area contributed by atoms with Crippen LogP contribution in [0, 0.1) is 0 Å². The van der Waals surface area contributed by atoms with E-state index in [1.54, 1.807) is 0 Å². The molecule has 2 nitrogen and oxygen atoms in total. The van der Waals surface area contributed by atoms with E-state index in [1.807, 2.05) is 0 Å². The van der Waals surface area contributed by atoms with Gasteiger partial charge in [-0.05, 0) is 87.3 Å². The van der Waals surface area contributed by atoms with Gasteiger partial charge >= 0.3 is 0 Å². The minimum absolute atomic E-state index is 1.18. The Morgan fingerprint density at radius 1 is 0.283 bits per heavy atom. The second-order valence-corrected chi connectivity index (χ2v) is 12.2. The molecule has 46 heavy (non-hydrogen) atoms. The van der Waals surface area contributed by atoms with Gasteiger partial charge < -0.3 is 9.13 Å². The van der Waals surface area contributed by atoms with Crippen molar-refractivity contribution in [2.75, 3.05) is 0 Å². The van der Waals surface area contributed by atoms with Crippen molar-refractivity contribution in [1.82, 2.24) is 9.13 Å². The van der Waals surface area contributed by atoms with Gasteiger partial charge in [-0.2, -0.15) is 0 Å². The van der Waals surface area contributed by atoms with Gasteiger partial charge in [-0.1, -0.05) is 115 Å². The Hall–Kier alpha value is -6.12. The molecule has 0 bridgehead atoms. The van der Waals surface area contributed by atoms with E-state index in [1.165, 1.54) is 87.7 Å². The van der Waals surface area contributed by atoms with Crippen LogP contribution in [-0.4, -0.2) is 9.13 Å². The molecule has 2 aromatic heterocycles. The lowest BCUT2D eigenvalue weighted by Crippen LogP contribution is -1.94. The standard InChI is InChI=1S/C44H28N2/c1-2-12-34(13-3-1)45-41-17-9-7-15-38(41)44-39-27-32(19-18-30(39)22-25-42(44)45)33-21-24-37-36-14-6-8-16-40(36)46(43(37)28-33)35-23-20-29-10-4-5-11-31(29)26-35/h1-28H. The SMILES string of the molecule is c1ccc(-n2c3ccccc3c3c4cc(-c5ccc6c7ccccc7n(-c7ccc8ccccc8c7)c6c5)ccc4ccc32)cc1. The highest BCUT2D eigenvalue weighted by Crippen LogP contribution is 2.40. The topological polar surface area (TPSA) is 9.86 Å². The van der Waals surface area contributed by atoms with Gasteiger partial charge in [0.05, 0.1) is 22.1 Å². The van der Waals surface area contributed by atoms with E-state index in [0.717, 1.165) is 0 Å². The van der Waals surface area contributed by atoms with Crippen molar-refractivity contribution in [2.45, 2.75) is 0 Å². The minimum atomic E-state index is 1.18. The van der Waals surface area contributed by atoms with E-state index < -0.39 is 0 Å². The van der Waals surface area contributed by atoms with Crippen LogP contribution in [0.5, 0.6) is 0 Å². The van der Waals surface area contributed by atoms with Crippen LogP contribution in [0.15, 0.2) is 170 Å². The van der Waals surface area contributed by atoms with Crippen LogP contribution in [0.2, 0.25) is 0 Å². The summed E-state index contributed by atoms with van der Waals surface area (Å²) in [7, 11) is 0. The Labute approximate surface area is 266 Å². The highest BCUT2D eigenvalue weighted by molar-refractivity contribution is 6.22. The van der Waals surface area contributed by atoms with E-state index in [9.17, 15) is 0 Å². The van der Waals surface area contributed by atoms with E-state index in [4.69, 9.17) is 0 Å². The van der Waals surface area contributed by atoms with Crippen LogP contribution in [0.1, 0.15) is 0 Å². The predicted molar refractivity (Wildman–Crippen MR) is 196 cm³/mol. The lowest BCUT2D eigenvalue weighted by Gasteiger charge is -2.11. The summed E-state index contributed by atoms with van der Waals surface area (Å²) >= 11 is 0. The van der Waals surface area contributed by atoms with Gasteiger partial charge in [0, 0.05) is 32.9 Å². The average Bonchev–Trinajstić information content (AvgIpc) is 3.64. The Morgan fingerprint density at radius 2 is 0.891 bits per heavy atom. The summed E-state index contributed by atoms with van der Waals surface area (Å²) in [6, 6.07) is 62.1. The van der Waals surface area contributed by atoms with Gasteiger partial charge in [-0.25, -0.2) is 0 Å². The molecule has 10 aromatic rings. The number of benzene rings is 8. The van der Waals surface area contributed by atoms with E-state index in [-0.39, 0.29) is 0 Å². The van der Waals surface area contributed by atoms with Crippen LogP contribution >= 0.6 is 0 Å². The number of aromatic nitrogens is 2. The molecule has 0 fully saturated rings. The molecule has 0 radical (unpaired) electrons. The minimum Gasteiger partial charge on any atom is -0.309 e. The molecule has 0 N–H and O–H groups in total. The monoisotopic (exact) mass is 584 g/mol. The third-order valence-electron chi connectivity index (χ3n) is 9.67. The summed E-state index contributed by atoms with van der Waals surface area (Å²) in [6.07, 6.45) is 0. The zero-order valence-electron chi connectivity index (χ0n) is 25.1. The third-order valence-corrected chi connectivity index (χ3v) is 9.67. The molecule has 2 heterocycles. The van der Waals surface area contributed by atoms with Crippen molar-refractivity contribution >= 4 is 65.2 Å². The zero-order valence-corrected chi connectivity index (χ0v) is 25.1. The summed E-state index contributed by atoms with van der Waals surface area (Å²) in [4.78, 5) is 0. The Kier molecular flexibility index (Phi) is 5.31. The van der Waals surface area contributed by atoms with Crippen LogP contribution < -0.4 is 0 Å². The predicted octanol–water partition coefficient (Wildman–Crippen LogP) is 11.9. The Balaban J connectivity index is 1.23. The smallest absolute Gasteiger partial charge is 0.0547 e. The first-order chi connectivity index (χ1) is 22.8. The third kappa shape index (κ3) is 3.65. The molecule has 0 aliphatic heterocycles. The summed E-state index contributed by atoms with van der Waals surface area (Å²) in [6.45, 7) is 0. The fraction of sp³-hybridized carbons (Fsp3) is 0. The molecule has 0 amide bonds. The lowest BCUT2D eigenvalue weighted by molar-refractivity contribution is 1.18. The van der Waals surface area contributed by atoms with Crippen molar-refractivity contribution < 1.29 is 0 Å². The Morgan fingerprint density at radius 3 is 1.76 bits per heavy atom. The molecule has 0 unspecified atom stereocenters. The summed E-state index contributed by atoms with van der Waals surface area (Å²) in [5.41, 5.74) is 9.67. The molecular formula is C44H28N2. The molecule has 214 valence electrons. The number of nitrogens with zero attached hydrogens (tertiary/aromatic N) is 2. The lowest BCUT2D eigenvalue weighted by atomic mass is 9.97. The first-order valence-corrected chi connectivity index (χ1v) is 15.9. The highest BCUT2D eigenvalue weighted by Gasteiger charge is 2.17. The molecule has 0 saturated carbocycles. The fourth-order valence-electron chi connectivity index (χ4n) is 7.57. The van der Waals surface area contributed by atoms with Gasteiger partial charge in [-0.3, -0.25) is 0 Å². The van der Waals surface area contributed by atoms with Gasteiger partial charge in [0.2, 0.25) is 0 Å². The van der Waals surface area contributed by atoms with Crippen molar-refractivity contribution in [2.24, 2.45) is 0 Å². The second kappa shape index (κ2) is 9.69. The van der Waals surface area contributed by atoms with Crippen LogP contribution in [0.4, 0.5) is 0 Å². The van der Waals surface area contributed by atoms with Gasteiger partial charge in [0.15, 0.2) is 0 Å². The fourth-order valence-corrected chi connectivity index (χ4v) is 7.57. The van der Waals surface area contributed by atoms with E-state index in [2.05, 4.69) is 179 Å². The molecule has 8 aromatic carbocycles. The number of hydrogen-bond acceptors (Lipinski definition) is 0. The van der Waals surface area contributed by atoms with Crippen molar-refractivity contribution in [3.63, 3.8) is 0 Å². The normalized spacial score (nSPS) is 11.9. The van der Waals surface area contributed by atoms with Crippen LogP contribution in [0.3, 0.4) is 0 Å². The van der Waals surface area contributed by atoms with Crippen molar-refractivity contribution in [1.29, 1.82) is 0 Å². The largest absolute Gasteiger partial charge is 0.309 e. The number of hydrogen-bond donors (Lipinski definition) is 0. The number of rotatable bonds is 3. The van der Waals surface area contributed by atoms with E-state index in [0.29, 0.717) is 0 Å². The maximum absolute atomic E-state index is 2.42. The first kappa shape index (κ1) is 25.2. The van der Waals surface area contributed by atoms with Gasteiger partial charge in [0.25, 0.3) is 0 Å². The molecule has 0 aliphatic carbocycles. The maximum atomic E-state index is 2.42. The molecule has 10 rings (SSSR count). The highest BCUT2D eigenvalue weighted by atomic mass is 15.0.